The van der Waals surface area contributed by atoms with Gasteiger partial charge in [0, 0.05) is 30.1 Å². The van der Waals surface area contributed by atoms with Crippen molar-refractivity contribution in [1.82, 2.24) is 9.29 Å². The summed E-state index contributed by atoms with van der Waals surface area (Å²) in [6.07, 6.45) is 2.81. The Hall–Kier alpha value is -3.12. The smallest absolute Gasteiger partial charge is 0.250 e. The topological polar surface area (TPSA) is 97.8 Å². The Morgan fingerprint density at radius 3 is 2.65 bits per heavy atom. The molecule has 0 aliphatic carbocycles. The lowest BCUT2D eigenvalue weighted by molar-refractivity contribution is -0.111. The van der Waals surface area contributed by atoms with Crippen molar-refractivity contribution in [2.75, 3.05) is 38.7 Å². The van der Waals surface area contributed by atoms with Gasteiger partial charge in [-0.1, -0.05) is 6.07 Å². The number of sulfonamides is 1. The van der Waals surface area contributed by atoms with Crippen LogP contribution in [0.1, 0.15) is 5.56 Å². The van der Waals surface area contributed by atoms with E-state index in [1.54, 1.807) is 29.6 Å². The van der Waals surface area contributed by atoms with Gasteiger partial charge in [0.25, 0.3) is 0 Å². The van der Waals surface area contributed by atoms with Crippen molar-refractivity contribution in [3.63, 3.8) is 0 Å². The second kappa shape index (κ2) is 10.4. The number of aromatic nitrogens is 1. The van der Waals surface area contributed by atoms with Crippen LogP contribution in [0.2, 0.25) is 0 Å². The summed E-state index contributed by atoms with van der Waals surface area (Å²) in [5.41, 5.74) is 1.88. The second-order valence-corrected chi connectivity index (χ2v) is 10.1. The third-order valence-corrected chi connectivity index (χ3v) is 7.75. The quantitative estimate of drug-likeness (QED) is 0.495. The summed E-state index contributed by atoms with van der Waals surface area (Å²) in [4.78, 5) is 16.8. The zero-order chi connectivity index (χ0) is 24.1. The highest BCUT2D eigenvalue weighted by Crippen LogP contribution is 2.29. The van der Waals surface area contributed by atoms with E-state index in [1.165, 1.54) is 53.1 Å². The number of nitrogens with one attached hydrogen (secondary N) is 1. The summed E-state index contributed by atoms with van der Waals surface area (Å²) in [5, 5.41) is 4.83. The highest BCUT2D eigenvalue weighted by atomic mass is 32.2. The molecular weight excluding hydrogens is 481 g/mol. The van der Waals surface area contributed by atoms with Gasteiger partial charge in [-0.15, -0.1) is 11.3 Å². The molecule has 3 aromatic rings. The second-order valence-electron chi connectivity index (χ2n) is 7.29. The van der Waals surface area contributed by atoms with Crippen molar-refractivity contribution in [3.05, 3.63) is 65.3 Å². The Morgan fingerprint density at radius 1 is 1.21 bits per heavy atom. The normalized spacial score (nSPS) is 14.9. The Kier molecular flexibility index (Phi) is 7.37. The number of anilines is 1. The largest absolute Gasteiger partial charge is 0.495 e. The summed E-state index contributed by atoms with van der Waals surface area (Å²) in [7, 11) is -2.37. The van der Waals surface area contributed by atoms with Gasteiger partial charge in [0.1, 0.15) is 16.5 Å². The van der Waals surface area contributed by atoms with Gasteiger partial charge in [-0.3, -0.25) is 10.1 Å². The summed E-state index contributed by atoms with van der Waals surface area (Å²) in [6.45, 7) is 1.20. The molecule has 34 heavy (non-hydrogen) atoms. The lowest BCUT2D eigenvalue weighted by Crippen LogP contribution is -2.40. The summed E-state index contributed by atoms with van der Waals surface area (Å²) < 4.78 is 51.2. The molecule has 1 aliphatic rings. The first-order valence-electron chi connectivity index (χ1n) is 10.3. The first-order chi connectivity index (χ1) is 16.4. The van der Waals surface area contributed by atoms with Crippen LogP contribution < -0.4 is 10.1 Å². The number of hydrogen-bond donors (Lipinski definition) is 1. The van der Waals surface area contributed by atoms with Crippen LogP contribution in [0.5, 0.6) is 5.75 Å². The standard InChI is InChI=1S/C23H22FN3O5S2/c1-31-20-8-2-16(14-21(20)34(29,30)27-10-12-32-13-11-27)3-9-22(28)26-23-25-19(15-33-23)17-4-6-18(24)7-5-17/h2-9,14-15H,10-13H2,1H3,(H,25,26,28). The number of ether oxygens (including phenoxy) is 2. The van der Waals surface area contributed by atoms with Crippen LogP contribution in [0.3, 0.4) is 0 Å². The van der Waals surface area contributed by atoms with Crippen LogP contribution >= 0.6 is 11.3 Å². The number of nitrogens with zero attached hydrogens (tertiary/aromatic N) is 2. The molecule has 4 rings (SSSR count). The molecule has 178 valence electrons. The minimum absolute atomic E-state index is 0.0309. The van der Waals surface area contributed by atoms with Crippen molar-refractivity contribution in [2.24, 2.45) is 0 Å². The molecule has 0 radical (unpaired) electrons. The van der Waals surface area contributed by atoms with Crippen LogP contribution in [-0.2, 0) is 19.6 Å². The molecule has 2 heterocycles. The van der Waals surface area contributed by atoms with Crippen molar-refractivity contribution in [1.29, 1.82) is 0 Å². The zero-order valence-electron chi connectivity index (χ0n) is 18.2. The zero-order valence-corrected chi connectivity index (χ0v) is 19.9. The highest BCUT2D eigenvalue weighted by Gasteiger charge is 2.29. The minimum Gasteiger partial charge on any atom is -0.495 e. The predicted octanol–water partition coefficient (Wildman–Crippen LogP) is 3.63. The molecule has 1 fully saturated rings. The predicted molar refractivity (Wildman–Crippen MR) is 128 cm³/mol. The number of methoxy groups -OCH3 is 1. The van der Waals surface area contributed by atoms with E-state index in [4.69, 9.17) is 9.47 Å². The number of carbonyl (C=O) groups excluding carboxylic acids is 1. The first kappa shape index (κ1) is 24.0. The molecule has 11 heteroatoms. The molecule has 1 saturated heterocycles. The lowest BCUT2D eigenvalue weighted by atomic mass is 10.2. The maximum absolute atomic E-state index is 13.1. The summed E-state index contributed by atoms with van der Waals surface area (Å²) in [5.74, 6) is -0.533. The van der Waals surface area contributed by atoms with Gasteiger partial charge >= 0.3 is 0 Å². The fourth-order valence-electron chi connectivity index (χ4n) is 3.33. The molecule has 0 unspecified atom stereocenters. The molecule has 0 bridgehead atoms. The van der Waals surface area contributed by atoms with Gasteiger partial charge < -0.3 is 9.47 Å². The van der Waals surface area contributed by atoms with Crippen LogP contribution in [0.15, 0.2) is 58.8 Å². The van der Waals surface area contributed by atoms with E-state index in [1.807, 2.05) is 0 Å². The summed E-state index contributed by atoms with van der Waals surface area (Å²) >= 11 is 1.24. The van der Waals surface area contributed by atoms with Crippen LogP contribution in [0.4, 0.5) is 9.52 Å². The molecule has 0 atom stereocenters. The number of morpholine rings is 1. The van der Waals surface area contributed by atoms with Crippen molar-refractivity contribution >= 4 is 38.5 Å². The molecule has 1 aliphatic heterocycles. The number of benzene rings is 2. The maximum Gasteiger partial charge on any atom is 0.250 e. The summed E-state index contributed by atoms with van der Waals surface area (Å²) in [6, 6.07) is 10.6. The van der Waals surface area contributed by atoms with E-state index in [0.717, 1.165) is 5.56 Å². The van der Waals surface area contributed by atoms with Crippen molar-refractivity contribution in [3.8, 4) is 17.0 Å². The Labute approximate surface area is 200 Å². The van der Waals surface area contributed by atoms with Crippen LogP contribution in [0, 0.1) is 5.82 Å². The lowest BCUT2D eigenvalue weighted by Gasteiger charge is -2.26. The number of carbonyl (C=O) groups is 1. The minimum atomic E-state index is -3.78. The first-order valence-corrected chi connectivity index (χ1v) is 12.7. The van der Waals surface area contributed by atoms with Crippen LogP contribution in [0.25, 0.3) is 17.3 Å². The third kappa shape index (κ3) is 5.50. The van der Waals surface area contributed by atoms with E-state index in [-0.39, 0.29) is 29.6 Å². The molecule has 1 aromatic heterocycles. The van der Waals surface area contributed by atoms with Gasteiger partial charge in [-0.2, -0.15) is 4.31 Å². The Morgan fingerprint density at radius 2 is 1.94 bits per heavy atom. The average Bonchev–Trinajstić information content (AvgIpc) is 3.32. The van der Waals surface area contributed by atoms with Gasteiger partial charge in [0.2, 0.25) is 15.9 Å². The molecule has 0 saturated carbocycles. The maximum atomic E-state index is 13.1. The Bertz CT molecular complexity index is 1300. The van der Waals surface area contributed by atoms with E-state index >= 15 is 0 Å². The molecule has 1 N–H and O–H groups in total. The SMILES string of the molecule is COc1ccc(C=CC(=O)Nc2nc(-c3ccc(F)cc3)cs2)cc1S(=O)(=O)N1CCOCC1. The fourth-order valence-corrected chi connectivity index (χ4v) is 5.65. The van der Waals surface area contributed by atoms with Gasteiger partial charge in [0.15, 0.2) is 5.13 Å². The van der Waals surface area contributed by atoms with Gasteiger partial charge in [0.05, 0.1) is 26.0 Å². The van der Waals surface area contributed by atoms with E-state index in [2.05, 4.69) is 10.3 Å². The van der Waals surface area contributed by atoms with Gasteiger partial charge in [-0.05, 0) is 48.0 Å². The average molecular weight is 504 g/mol. The number of amides is 1. The van der Waals surface area contributed by atoms with Gasteiger partial charge in [-0.25, -0.2) is 17.8 Å². The van der Waals surface area contributed by atoms with Crippen molar-refractivity contribution in [2.45, 2.75) is 4.90 Å². The Balaban J connectivity index is 1.47. The molecule has 8 nitrogen and oxygen atoms in total. The molecule has 0 spiro atoms. The van der Waals surface area contributed by atoms with Crippen LogP contribution in [-0.4, -0.2) is 57.0 Å². The molecular formula is C23H22FN3O5S2. The van der Waals surface area contributed by atoms with Crippen molar-refractivity contribution < 1.29 is 27.1 Å². The monoisotopic (exact) mass is 503 g/mol. The van der Waals surface area contributed by atoms with E-state index in [0.29, 0.717) is 29.6 Å². The highest BCUT2D eigenvalue weighted by molar-refractivity contribution is 7.89. The number of thiazole rings is 1. The number of hydrogen-bond acceptors (Lipinski definition) is 7. The fraction of sp³-hybridized carbons (Fsp3) is 0.217. The number of rotatable bonds is 7. The molecule has 2 aromatic carbocycles. The third-order valence-electron chi connectivity index (χ3n) is 5.08. The van der Waals surface area contributed by atoms with E-state index < -0.39 is 15.9 Å². The van der Waals surface area contributed by atoms with E-state index in [9.17, 15) is 17.6 Å². The number of halogens is 1. The molecule has 1 amide bonds.